The van der Waals surface area contributed by atoms with E-state index in [0.29, 0.717) is 90.9 Å². The van der Waals surface area contributed by atoms with Crippen molar-refractivity contribution >= 4 is 17.7 Å². The summed E-state index contributed by atoms with van der Waals surface area (Å²) in [5, 5.41) is 8.17. The van der Waals surface area contributed by atoms with E-state index in [1.54, 1.807) is 47.9 Å². The summed E-state index contributed by atoms with van der Waals surface area (Å²) in [4.78, 5) is 79.8. The van der Waals surface area contributed by atoms with Crippen LogP contribution in [0.15, 0.2) is 127 Å². The van der Waals surface area contributed by atoms with E-state index >= 15 is 0 Å². The van der Waals surface area contributed by atoms with Crippen LogP contribution in [0.3, 0.4) is 0 Å². The molecule has 15 rings (SSSR count). The summed E-state index contributed by atoms with van der Waals surface area (Å²) in [6, 6.07) is 10.1. The van der Waals surface area contributed by atoms with Crippen LogP contribution in [0.2, 0.25) is 0 Å². The van der Waals surface area contributed by atoms with Crippen molar-refractivity contribution in [2.24, 2.45) is 17.8 Å². The smallest absolute Gasteiger partial charge is 0.417 e. The molecule has 9 aromatic rings. The highest BCUT2D eigenvalue weighted by Gasteiger charge is 2.52. The second-order valence-electron chi connectivity index (χ2n) is 25.8. The molecule has 6 aliphatic rings. The van der Waals surface area contributed by atoms with Crippen LogP contribution in [-0.2, 0) is 37.8 Å². The zero-order valence-corrected chi connectivity index (χ0v) is 53.0. The van der Waals surface area contributed by atoms with Gasteiger partial charge in [0.25, 0.3) is 17.7 Å². The van der Waals surface area contributed by atoms with Crippen molar-refractivity contribution in [3.8, 4) is 28.8 Å². The molecule has 6 aliphatic heterocycles. The average molecular weight is 1400 g/mol. The average Bonchev–Trinajstić information content (AvgIpc) is 1.61. The maximum Gasteiger partial charge on any atom is 0.417 e. The number of halogens is 13. The Bertz CT molecular complexity index is 4420. The number of rotatable bonds is 12. The van der Waals surface area contributed by atoms with Gasteiger partial charge in [-0.25, -0.2) is 37.5 Å². The van der Waals surface area contributed by atoms with Gasteiger partial charge < -0.3 is 19.1 Å². The number of carbonyl (C=O) groups is 3. The van der Waals surface area contributed by atoms with Crippen molar-refractivity contribution in [3.63, 3.8) is 0 Å². The summed E-state index contributed by atoms with van der Waals surface area (Å²) in [5.41, 5.74) is -0.519. The number of benzene rings is 1. The highest BCUT2D eigenvalue weighted by molar-refractivity contribution is 6.01. The van der Waals surface area contributed by atoms with Crippen molar-refractivity contribution in [3.05, 3.63) is 208 Å². The second-order valence-corrected chi connectivity index (χ2v) is 25.8. The summed E-state index contributed by atoms with van der Waals surface area (Å²) in [6.07, 6.45) is 6.99. The van der Waals surface area contributed by atoms with Crippen molar-refractivity contribution in [2.75, 3.05) is 0 Å². The van der Waals surface area contributed by atoms with Gasteiger partial charge in [-0.1, -0.05) is 6.07 Å². The standard InChI is InChI=1S/C24H21F4N5O.C23H18F5N3O2.C22H20F4N6O/c1-13-7-17(21(32-11-13)22-29-5-2-6-30-22)23(34)33-16-3-4-20(33)14(8-16)9-19-18(25)10-15(12-31-19)24(26,27)28;24-16-3-1-2-15(20(16)21-29-6-7-33-21)22(32)31-14-4-5-19(31)12(8-14)9-18-17(25)10-13(11-30-18)23(26,27)28;1-12-6-16(20(28-10-12)32-29-4-5-30-32)21(33)31-15-2-3-19(31)13(7-15)8-18-17(23)9-14(11-27-18)22(24,25)26/h2,5-7,10-12,14,16,20H,3-4,8-9H2,1H3;1-3,6-7,10-12,14,19H,4-5,8-9H2;4-6,9-11,13,15,19H,2-3,7-8H2,1H3. The minimum Gasteiger partial charge on any atom is -0.444 e. The van der Waals surface area contributed by atoms with Crippen LogP contribution in [0.4, 0.5) is 57.1 Å². The first-order valence-corrected chi connectivity index (χ1v) is 32.1. The molecular formula is C69H59F13N14O4. The number of nitrogens with zero attached hydrogens (tertiary/aromatic N) is 14. The molecule has 14 heterocycles. The Morgan fingerprint density at radius 1 is 0.460 bits per heavy atom. The van der Waals surface area contributed by atoms with E-state index in [4.69, 9.17) is 4.42 Å². The van der Waals surface area contributed by atoms with Crippen LogP contribution >= 0.6 is 0 Å². The molecule has 0 spiro atoms. The first-order chi connectivity index (χ1) is 47.7. The van der Waals surface area contributed by atoms with Gasteiger partial charge in [0.2, 0.25) is 5.89 Å². The lowest BCUT2D eigenvalue weighted by Gasteiger charge is -2.25. The summed E-state index contributed by atoms with van der Waals surface area (Å²) in [5.74, 6) is -4.01. The molecule has 1 aromatic carbocycles. The minimum absolute atomic E-state index is 0.00410. The van der Waals surface area contributed by atoms with E-state index in [2.05, 4.69) is 50.1 Å². The molecule has 6 bridgehead atoms. The zero-order chi connectivity index (χ0) is 70.7. The van der Waals surface area contributed by atoms with E-state index in [-0.39, 0.29) is 125 Å². The van der Waals surface area contributed by atoms with E-state index in [1.165, 1.54) is 47.8 Å². The number of fused-ring (bicyclic) bond motifs is 6. The Morgan fingerprint density at radius 2 is 0.890 bits per heavy atom. The van der Waals surface area contributed by atoms with Gasteiger partial charge in [0.05, 0.1) is 74.6 Å². The molecule has 0 aliphatic carbocycles. The second kappa shape index (κ2) is 27.2. The Hall–Kier alpha value is -10.1. The fourth-order valence-electron chi connectivity index (χ4n) is 15.2. The van der Waals surface area contributed by atoms with Crippen LogP contribution in [0.1, 0.15) is 134 Å². The van der Waals surface area contributed by atoms with Crippen molar-refractivity contribution in [2.45, 2.75) is 146 Å². The van der Waals surface area contributed by atoms with Crippen molar-refractivity contribution < 1.29 is 75.9 Å². The number of hydrogen-bond donors (Lipinski definition) is 0. The van der Waals surface area contributed by atoms with E-state index in [0.717, 1.165) is 43.2 Å². The van der Waals surface area contributed by atoms with Gasteiger partial charge in [0.15, 0.2) is 11.6 Å². The third-order valence-corrected chi connectivity index (χ3v) is 19.6. The molecule has 3 amide bonds. The maximum atomic E-state index is 14.6. The SMILES string of the molecule is Cc1cnc(-c2ncccn2)c(C(=O)N2C3CCC2C(Cc2ncc(C(F)(F)F)cc2F)C3)c1.Cc1cnc(-n2nccn2)c(C(=O)N2C3CCC2C(Cc2ncc(C(F)(F)F)cc2F)C3)c1.O=C(c1cccc(F)c1-c1ncco1)N1C2CCC1C(Cc1ncc(C(F)(F)F)cc1F)C2. The van der Waals surface area contributed by atoms with E-state index in [9.17, 15) is 71.5 Å². The minimum atomic E-state index is -4.67. The van der Waals surface area contributed by atoms with Gasteiger partial charge in [-0.2, -0.15) is 49.7 Å². The number of carbonyl (C=O) groups excluding carboxylic acids is 3. The molecule has 6 saturated heterocycles. The first-order valence-electron chi connectivity index (χ1n) is 32.1. The van der Waals surface area contributed by atoms with Gasteiger partial charge in [0.1, 0.15) is 35.2 Å². The number of alkyl halides is 9. The fraction of sp³-hybridized carbons (Fsp3) is 0.377. The highest BCUT2D eigenvalue weighted by atomic mass is 19.4. The lowest BCUT2D eigenvalue weighted by Crippen LogP contribution is -2.37. The quantitative estimate of drug-likeness (QED) is 0.104. The lowest BCUT2D eigenvalue weighted by molar-refractivity contribution is -0.138. The van der Waals surface area contributed by atoms with Crippen LogP contribution < -0.4 is 0 Å². The molecule has 18 nitrogen and oxygen atoms in total. The lowest BCUT2D eigenvalue weighted by atomic mass is 9.85. The number of aromatic nitrogens is 11. The highest BCUT2D eigenvalue weighted by Crippen LogP contribution is 2.48. The van der Waals surface area contributed by atoms with Crippen LogP contribution in [0, 0.1) is 54.9 Å². The van der Waals surface area contributed by atoms with Gasteiger partial charge >= 0.3 is 18.5 Å². The van der Waals surface area contributed by atoms with Crippen LogP contribution in [-0.4, -0.2) is 124 Å². The van der Waals surface area contributed by atoms with E-state index in [1.807, 2.05) is 23.6 Å². The molecule has 520 valence electrons. The van der Waals surface area contributed by atoms with Gasteiger partial charge in [-0.05, 0) is 168 Å². The molecule has 100 heavy (non-hydrogen) atoms. The summed E-state index contributed by atoms with van der Waals surface area (Å²) in [6.45, 7) is 3.68. The molecule has 0 saturated carbocycles. The van der Waals surface area contributed by atoms with Crippen LogP contribution in [0.25, 0.3) is 28.8 Å². The molecule has 31 heteroatoms. The maximum absolute atomic E-state index is 14.6. The number of amides is 3. The van der Waals surface area contributed by atoms with Gasteiger partial charge in [-0.3, -0.25) is 34.3 Å². The van der Waals surface area contributed by atoms with Crippen molar-refractivity contribution in [1.29, 1.82) is 0 Å². The molecular weight excluding hydrogens is 1340 g/mol. The molecule has 9 atom stereocenters. The van der Waals surface area contributed by atoms with Crippen molar-refractivity contribution in [1.82, 2.24) is 69.6 Å². The van der Waals surface area contributed by atoms with Crippen LogP contribution in [0.5, 0.6) is 0 Å². The normalized spacial score (nSPS) is 22.1. The predicted molar refractivity (Wildman–Crippen MR) is 328 cm³/mol. The molecule has 8 aromatic heterocycles. The Morgan fingerprint density at radius 3 is 1.32 bits per heavy atom. The monoisotopic (exact) mass is 1390 g/mol. The Balaban J connectivity index is 0.000000134. The van der Waals surface area contributed by atoms with Gasteiger partial charge in [0, 0.05) is 79.6 Å². The number of pyridine rings is 5. The third kappa shape index (κ3) is 13.7. The Kier molecular flexibility index (Phi) is 18.6. The molecule has 6 fully saturated rings. The Labute approximate surface area is 561 Å². The molecule has 9 unspecified atom stereocenters. The largest absolute Gasteiger partial charge is 0.444 e. The molecule has 0 radical (unpaired) electrons. The third-order valence-electron chi connectivity index (χ3n) is 19.6. The number of aryl methyl sites for hydroxylation is 2. The predicted octanol–water partition coefficient (Wildman–Crippen LogP) is 13.7. The zero-order valence-electron chi connectivity index (χ0n) is 53.0. The summed E-state index contributed by atoms with van der Waals surface area (Å²) in [7, 11) is 0. The number of hydrogen-bond acceptors (Lipinski definition) is 14. The van der Waals surface area contributed by atoms with Gasteiger partial charge in [-0.15, -0.1) is 4.80 Å². The van der Waals surface area contributed by atoms with E-state index < -0.39 is 58.5 Å². The topological polar surface area (TPSA) is 208 Å². The fourth-order valence-corrected chi connectivity index (χ4v) is 15.2. The number of oxazole rings is 1. The first kappa shape index (κ1) is 68.4. The molecule has 0 N–H and O–H groups in total. The summed E-state index contributed by atoms with van der Waals surface area (Å²) >= 11 is 0. The summed E-state index contributed by atoms with van der Waals surface area (Å²) < 4.78 is 178.